The number of benzene rings is 2. The highest BCUT2D eigenvalue weighted by atomic mass is 35.5. The maximum absolute atomic E-state index is 12.8. The molecule has 0 heterocycles. The first-order valence-electron chi connectivity index (χ1n) is 6.93. The Morgan fingerprint density at radius 3 is 2.33 bits per heavy atom. The molecule has 4 nitrogen and oxygen atoms in total. The molecule has 24 heavy (non-hydrogen) atoms. The highest BCUT2D eigenvalue weighted by molar-refractivity contribution is 6.31. The second-order valence-electron chi connectivity index (χ2n) is 4.86. The van der Waals surface area contributed by atoms with Gasteiger partial charge in [-0.3, -0.25) is 5.41 Å². The predicted molar refractivity (Wildman–Crippen MR) is 86.6 cm³/mol. The molecule has 128 valence electrons. The maximum Gasteiger partial charge on any atom is 0.417 e. The van der Waals surface area contributed by atoms with Gasteiger partial charge in [0.25, 0.3) is 0 Å². The smallest absolute Gasteiger partial charge is 0.417 e. The normalized spacial score (nSPS) is 11.0. The molecule has 0 aromatic heterocycles. The fourth-order valence-electron chi connectivity index (χ4n) is 1.88. The van der Waals surface area contributed by atoms with E-state index in [-0.39, 0.29) is 16.7 Å². The summed E-state index contributed by atoms with van der Waals surface area (Å²) < 4.78 is 43.9. The molecule has 3 N–H and O–H groups in total. The third-order valence-electron chi connectivity index (χ3n) is 3.12. The molecule has 0 radical (unpaired) electrons. The Kier molecular flexibility index (Phi) is 5.56. The summed E-state index contributed by atoms with van der Waals surface area (Å²) in [6.45, 7) is 0.444. The minimum Gasteiger partial charge on any atom is -0.457 e. The Morgan fingerprint density at radius 2 is 1.75 bits per heavy atom. The molecule has 0 aliphatic carbocycles. The molecule has 0 amide bonds. The fourth-order valence-corrected chi connectivity index (χ4v) is 2.10. The molecule has 0 saturated heterocycles. The van der Waals surface area contributed by atoms with Crippen molar-refractivity contribution in [2.75, 3.05) is 7.05 Å². The lowest BCUT2D eigenvalue weighted by Crippen LogP contribution is -2.32. The van der Waals surface area contributed by atoms with Crippen LogP contribution < -0.4 is 15.4 Å². The van der Waals surface area contributed by atoms with Crippen molar-refractivity contribution in [1.82, 2.24) is 10.6 Å². The van der Waals surface area contributed by atoms with E-state index >= 15 is 0 Å². The molecule has 0 aliphatic heterocycles. The second kappa shape index (κ2) is 7.44. The monoisotopic (exact) mass is 357 g/mol. The van der Waals surface area contributed by atoms with E-state index in [0.717, 1.165) is 17.7 Å². The highest BCUT2D eigenvalue weighted by Gasteiger charge is 2.33. The molecule has 2 rings (SSSR count). The Bertz CT molecular complexity index is 717. The first-order valence-corrected chi connectivity index (χ1v) is 7.31. The Morgan fingerprint density at radius 1 is 1.12 bits per heavy atom. The lowest BCUT2D eigenvalue weighted by atomic mass is 10.2. The topological polar surface area (TPSA) is 57.1 Å². The first-order chi connectivity index (χ1) is 11.3. The Hall–Kier alpha value is -2.41. The van der Waals surface area contributed by atoms with E-state index in [4.69, 9.17) is 21.7 Å². The van der Waals surface area contributed by atoms with Crippen LogP contribution in [0.15, 0.2) is 42.5 Å². The zero-order valence-corrected chi connectivity index (χ0v) is 13.4. The summed E-state index contributed by atoms with van der Waals surface area (Å²) >= 11 is 5.57. The zero-order valence-electron chi connectivity index (χ0n) is 12.7. The molecule has 0 atom stereocenters. The standard InChI is InChI=1S/C16H15ClF3N3O/c1-22-15(21)23-9-10-2-4-11(5-3-10)24-12-6-7-14(17)13(8-12)16(18,19)20/h2-8H,9H2,1H3,(H3,21,22,23). The van der Waals surface area contributed by atoms with E-state index in [1.165, 1.54) is 6.07 Å². The van der Waals surface area contributed by atoms with Crippen molar-refractivity contribution in [3.63, 3.8) is 0 Å². The molecule has 0 spiro atoms. The van der Waals surface area contributed by atoms with Gasteiger partial charge in [-0.25, -0.2) is 0 Å². The van der Waals surface area contributed by atoms with E-state index in [1.807, 2.05) is 0 Å². The first kappa shape index (κ1) is 17.9. The van der Waals surface area contributed by atoms with Crippen LogP contribution in [0.3, 0.4) is 0 Å². The highest BCUT2D eigenvalue weighted by Crippen LogP contribution is 2.37. The van der Waals surface area contributed by atoms with Crippen LogP contribution in [0.2, 0.25) is 5.02 Å². The van der Waals surface area contributed by atoms with Crippen molar-refractivity contribution >= 4 is 17.6 Å². The largest absolute Gasteiger partial charge is 0.457 e. The molecule has 2 aromatic carbocycles. The molecular weight excluding hydrogens is 343 g/mol. The van der Waals surface area contributed by atoms with Gasteiger partial charge in [0.05, 0.1) is 10.6 Å². The molecule has 0 saturated carbocycles. The summed E-state index contributed by atoms with van der Waals surface area (Å²) in [5.74, 6) is 0.642. The third kappa shape index (κ3) is 4.79. The van der Waals surface area contributed by atoms with Gasteiger partial charge in [0.2, 0.25) is 0 Å². The summed E-state index contributed by atoms with van der Waals surface area (Å²) in [5.41, 5.74) is -0.0394. The van der Waals surface area contributed by atoms with Crippen LogP contribution in [0, 0.1) is 5.41 Å². The Balaban J connectivity index is 2.07. The number of ether oxygens (including phenoxy) is 1. The third-order valence-corrected chi connectivity index (χ3v) is 3.45. The van der Waals surface area contributed by atoms with Gasteiger partial charge >= 0.3 is 6.18 Å². The minimum atomic E-state index is -4.54. The summed E-state index contributed by atoms with van der Waals surface area (Å²) in [5, 5.41) is 12.5. The molecule has 0 bridgehead atoms. The summed E-state index contributed by atoms with van der Waals surface area (Å²) in [6, 6.07) is 10.2. The zero-order chi connectivity index (χ0) is 17.7. The fraction of sp³-hybridized carbons (Fsp3) is 0.188. The van der Waals surface area contributed by atoms with E-state index < -0.39 is 11.7 Å². The number of hydrogen-bond donors (Lipinski definition) is 3. The van der Waals surface area contributed by atoms with Crippen molar-refractivity contribution < 1.29 is 17.9 Å². The number of hydrogen-bond acceptors (Lipinski definition) is 2. The summed E-state index contributed by atoms with van der Waals surface area (Å²) in [6.07, 6.45) is -4.54. The average molecular weight is 358 g/mol. The van der Waals surface area contributed by atoms with Gasteiger partial charge in [0, 0.05) is 13.6 Å². The van der Waals surface area contributed by atoms with Crippen molar-refractivity contribution in [2.24, 2.45) is 0 Å². The lowest BCUT2D eigenvalue weighted by molar-refractivity contribution is -0.137. The quantitative estimate of drug-likeness (QED) is 0.561. The molecule has 0 unspecified atom stereocenters. The number of nitrogens with one attached hydrogen (secondary N) is 3. The maximum atomic E-state index is 12.8. The molecular formula is C16H15ClF3N3O. The number of halogens is 4. The van der Waals surface area contributed by atoms with Gasteiger partial charge in [-0.1, -0.05) is 23.7 Å². The van der Waals surface area contributed by atoms with Crippen molar-refractivity contribution in [1.29, 1.82) is 5.41 Å². The molecule has 2 aromatic rings. The van der Waals surface area contributed by atoms with E-state index in [0.29, 0.717) is 12.3 Å². The number of guanidine groups is 1. The van der Waals surface area contributed by atoms with E-state index in [1.54, 1.807) is 31.3 Å². The van der Waals surface area contributed by atoms with Crippen molar-refractivity contribution in [3.8, 4) is 11.5 Å². The van der Waals surface area contributed by atoms with Gasteiger partial charge in [0.1, 0.15) is 11.5 Å². The molecule has 0 fully saturated rings. The van der Waals surface area contributed by atoms with Crippen LogP contribution in [-0.4, -0.2) is 13.0 Å². The minimum absolute atomic E-state index is 0.0505. The average Bonchev–Trinajstić information content (AvgIpc) is 2.54. The van der Waals surface area contributed by atoms with Gasteiger partial charge in [-0.05, 0) is 35.9 Å². The van der Waals surface area contributed by atoms with Gasteiger partial charge in [0.15, 0.2) is 5.96 Å². The number of alkyl halides is 3. The van der Waals surface area contributed by atoms with E-state index in [2.05, 4.69) is 10.6 Å². The van der Waals surface area contributed by atoms with Gasteiger partial charge in [-0.2, -0.15) is 13.2 Å². The van der Waals surface area contributed by atoms with Crippen LogP contribution in [0.5, 0.6) is 11.5 Å². The van der Waals surface area contributed by atoms with Gasteiger partial charge in [-0.15, -0.1) is 0 Å². The molecule has 0 aliphatic rings. The van der Waals surface area contributed by atoms with Crippen LogP contribution in [0.4, 0.5) is 13.2 Å². The van der Waals surface area contributed by atoms with Crippen LogP contribution in [-0.2, 0) is 12.7 Å². The van der Waals surface area contributed by atoms with Gasteiger partial charge < -0.3 is 15.4 Å². The summed E-state index contributed by atoms with van der Waals surface area (Å²) in [4.78, 5) is 0. The lowest BCUT2D eigenvalue weighted by Gasteiger charge is -2.12. The number of rotatable bonds is 4. The Labute approximate surface area is 142 Å². The SMILES string of the molecule is CNC(=N)NCc1ccc(Oc2ccc(Cl)c(C(F)(F)F)c2)cc1. The van der Waals surface area contributed by atoms with Crippen molar-refractivity contribution in [3.05, 3.63) is 58.6 Å². The van der Waals surface area contributed by atoms with Crippen LogP contribution >= 0.6 is 11.6 Å². The van der Waals surface area contributed by atoms with Crippen molar-refractivity contribution in [2.45, 2.75) is 12.7 Å². The molecule has 8 heteroatoms. The van der Waals surface area contributed by atoms with Crippen LogP contribution in [0.1, 0.15) is 11.1 Å². The second-order valence-corrected chi connectivity index (χ2v) is 5.27. The predicted octanol–water partition coefficient (Wildman–Crippen LogP) is 4.39. The van der Waals surface area contributed by atoms with Crippen LogP contribution in [0.25, 0.3) is 0 Å². The van der Waals surface area contributed by atoms with E-state index in [9.17, 15) is 13.2 Å². The summed E-state index contributed by atoms with van der Waals surface area (Å²) in [7, 11) is 1.63.